The van der Waals surface area contributed by atoms with E-state index in [4.69, 9.17) is 4.74 Å². The molecule has 0 aliphatic carbocycles. The number of halogens is 1. The molecule has 4 heteroatoms. The van der Waals surface area contributed by atoms with Gasteiger partial charge in [0.1, 0.15) is 0 Å². The van der Waals surface area contributed by atoms with E-state index >= 15 is 0 Å². The third kappa shape index (κ3) is 3.94. The maximum atomic E-state index is 11.5. The maximum absolute atomic E-state index is 11.5. The van der Waals surface area contributed by atoms with E-state index in [0.717, 1.165) is 17.5 Å². The van der Waals surface area contributed by atoms with Crippen molar-refractivity contribution in [2.75, 3.05) is 13.2 Å². The van der Waals surface area contributed by atoms with Gasteiger partial charge in [0.25, 0.3) is 0 Å². The molecular formula is C12H14BrNO2. The number of benzene rings is 1. The number of hydrogen-bond acceptors (Lipinski definition) is 2. The summed E-state index contributed by atoms with van der Waals surface area (Å²) in [4.78, 5) is 11.5. The van der Waals surface area contributed by atoms with Crippen LogP contribution in [0, 0.1) is 0 Å². The Morgan fingerprint density at radius 2 is 2.38 bits per heavy atom. The van der Waals surface area contributed by atoms with E-state index in [2.05, 4.69) is 21.2 Å². The molecule has 0 spiro atoms. The predicted octanol–water partition coefficient (Wildman–Crippen LogP) is 1.90. The highest BCUT2D eigenvalue weighted by Crippen LogP contribution is 2.13. The highest BCUT2D eigenvalue weighted by molar-refractivity contribution is 9.10. The summed E-state index contributed by atoms with van der Waals surface area (Å²) in [7, 11) is 0. The van der Waals surface area contributed by atoms with Gasteiger partial charge in [-0.1, -0.05) is 28.1 Å². The Hall–Kier alpha value is -0.870. The molecule has 1 saturated heterocycles. The standard InChI is InChI=1S/C12H14BrNO2/c13-10-3-1-2-9(6-10)4-5-12(15)14-7-11-8-16-11/h1-3,6,11H,4-5,7-8H2,(H,14,15)/t11-/m1/s1. The highest BCUT2D eigenvalue weighted by Gasteiger charge is 2.22. The first-order chi connectivity index (χ1) is 7.74. The van der Waals surface area contributed by atoms with Crippen LogP contribution in [-0.2, 0) is 16.0 Å². The van der Waals surface area contributed by atoms with Gasteiger partial charge < -0.3 is 10.1 Å². The molecule has 3 nitrogen and oxygen atoms in total. The van der Waals surface area contributed by atoms with E-state index < -0.39 is 0 Å². The van der Waals surface area contributed by atoms with Crippen molar-refractivity contribution in [2.45, 2.75) is 18.9 Å². The van der Waals surface area contributed by atoms with Crippen LogP contribution in [0.5, 0.6) is 0 Å². The molecule has 1 atom stereocenters. The second-order valence-electron chi connectivity index (χ2n) is 3.89. The molecular weight excluding hydrogens is 270 g/mol. The second-order valence-corrected chi connectivity index (χ2v) is 4.81. The van der Waals surface area contributed by atoms with Gasteiger partial charge >= 0.3 is 0 Å². The summed E-state index contributed by atoms with van der Waals surface area (Å²) in [6.45, 7) is 1.43. The molecule has 1 aliphatic rings. The second kappa shape index (κ2) is 5.46. The van der Waals surface area contributed by atoms with Gasteiger partial charge in [0.2, 0.25) is 5.91 Å². The van der Waals surface area contributed by atoms with Crippen LogP contribution >= 0.6 is 15.9 Å². The zero-order valence-electron chi connectivity index (χ0n) is 8.91. The molecule has 1 aliphatic heterocycles. The summed E-state index contributed by atoms with van der Waals surface area (Å²) in [5, 5.41) is 2.85. The van der Waals surface area contributed by atoms with Crippen molar-refractivity contribution in [2.24, 2.45) is 0 Å². The minimum atomic E-state index is 0.0930. The van der Waals surface area contributed by atoms with Crippen LogP contribution in [0.3, 0.4) is 0 Å². The molecule has 1 heterocycles. The lowest BCUT2D eigenvalue weighted by Gasteiger charge is -2.03. The number of aryl methyl sites for hydroxylation is 1. The Labute approximate surface area is 103 Å². The fourth-order valence-electron chi connectivity index (χ4n) is 1.45. The van der Waals surface area contributed by atoms with E-state index in [1.54, 1.807) is 0 Å². The first kappa shape index (κ1) is 11.6. The van der Waals surface area contributed by atoms with Crippen LogP contribution in [0.1, 0.15) is 12.0 Å². The van der Waals surface area contributed by atoms with Gasteiger partial charge in [0, 0.05) is 17.4 Å². The topological polar surface area (TPSA) is 41.6 Å². The van der Waals surface area contributed by atoms with Crippen LogP contribution < -0.4 is 5.32 Å². The Morgan fingerprint density at radius 3 is 3.06 bits per heavy atom. The molecule has 86 valence electrons. The van der Waals surface area contributed by atoms with E-state index in [1.165, 1.54) is 5.56 Å². The van der Waals surface area contributed by atoms with Crippen molar-refractivity contribution in [1.29, 1.82) is 0 Å². The number of carbonyl (C=O) groups excluding carboxylic acids is 1. The van der Waals surface area contributed by atoms with Crippen LogP contribution in [0.2, 0.25) is 0 Å². The monoisotopic (exact) mass is 283 g/mol. The molecule has 0 aromatic heterocycles. The summed E-state index contributed by atoms with van der Waals surface area (Å²) in [5.74, 6) is 0.0930. The Kier molecular flexibility index (Phi) is 3.96. The first-order valence-electron chi connectivity index (χ1n) is 5.37. The summed E-state index contributed by atoms with van der Waals surface area (Å²) < 4.78 is 6.07. The highest BCUT2D eigenvalue weighted by atomic mass is 79.9. The lowest BCUT2D eigenvalue weighted by molar-refractivity contribution is -0.121. The van der Waals surface area contributed by atoms with E-state index in [9.17, 15) is 4.79 Å². The summed E-state index contributed by atoms with van der Waals surface area (Å²) in [6.07, 6.45) is 1.56. The Morgan fingerprint density at radius 1 is 1.56 bits per heavy atom. The predicted molar refractivity (Wildman–Crippen MR) is 65.2 cm³/mol. The fraction of sp³-hybridized carbons (Fsp3) is 0.417. The van der Waals surface area contributed by atoms with Crippen LogP contribution in [0.4, 0.5) is 0 Å². The van der Waals surface area contributed by atoms with Gasteiger partial charge in [-0.15, -0.1) is 0 Å². The van der Waals surface area contributed by atoms with Gasteiger partial charge in [-0.2, -0.15) is 0 Å². The summed E-state index contributed by atoms with van der Waals surface area (Å²) in [6, 6.07) is 8.03. The Bertz CT molecular complexity index is 377. The van der Waals surface area contributed by atoms with Gasteiger partial charge in [-0.3, -0.25) is 4.79 Å². The SMILES string of the molecule is O=C(CCc1cccc(Br)c1)NC[C@@H]1CO1. The zero-order chi connectivity index (χ0) is 11.4. The fourth-order valence-corrected chi connectivity index (χ4v) is 1.90. The molecule has 1 aromatic carbocycles. The third-order valence-corrected chi connectivity index (χ3v) is 2.95. The van der Waals surface area contributed by atoms with Crippen LogP contribution in [-0.4, -0.2) is 25.2 Å². The molecule has 16 heavy (non-hydrogen) atoms. The lowest BCUT2D eigenvalue weighted by atomic mass is 10.1. The normalized spacial score (nSPS) is 18.2. The van der Waals surface area contributed by atoms with Crippen molar-refractivity contribution >= 4 is 21.8 Å². The largest absolute Gasteiger partial charge is 0.371 e. The van der Waals surface area contributed by atoms with E-state index in [1.807, 2.05) is 24.3 Å². The quantitative estimate of drug-likeness (QED) is 0.839. The molecule has 1 N–H and O–H groups in total. The molecule has 1 fully saturated rings. The maximum Gasteiger partial charge on any atom is 0.220 e. The smallest absolute Gasteiger partial charge is 0.220 e. The summed E-state index contributed by atoms with van der Waals surface area (Å²) in [5.41, 5.74) is 1.17. The molecule has 0 unspecified atom stereocenters. The van der Waals surface area contributed by atoms with Gasteiger partial charge in [0.15, 0.2) is 0 Å². The van der Waals surface area contributed by atoms with Crippen molar-refractivity contribution in [1.82, 2.24) is 5.32 Å². The molecule has 1 amide bonds. The van der Waals surface area contributed by atoms with Gasteiger partial charge in [-0.05, 0) is 24.1 Å². The van der Waals surface area contributed by atoms with Crippen molar-refractivity contribution < 1.29 is 9.53 Å². The molecule has 0 saturated carbocycles. The van der Waals surface area contributed by atoms with E-state index in [-0.39, 0.29) is 12.0 Å². The average molecular weight is 284 g/mol. The van der Waals surface area contributed by atoms with Crippen molar-refractivity contribution in [3.63, 3.8) is 0 Å². The van der Waals surface area contributed by atoms with Crippen LogP contribution in [0.25, 0.3) is 0 Å². The minimum absolute atomic E-state index is 0.0930. The van der Waals surface area contributed by atoms with Crippen molar-refractivity contribution in [3.05, 3.63) is 34.3 Å². The zero-order valence-corrected chi connectivity index (χ0v) is 10.5. The number of carbonyl (C=O) groups is 1. The molecule has 0 bridgehead atoms. The first-order valence-corrected chi connectivity index (χ1v) is 6.16. The number of hydrogen-bond donors (Lipinski definition) is 1. The lowest BCUT2D eigenvalue weighted by Crippen LogP contribution is -2.27. The average Bonchev–Trinajstić information content (AvgIpc) is 3.07. The number of epoxide rings is 1. The number of nitrogens with one attached hydrogen (secondary N) is 1. The molecule has 2 rings (SSSR count). The van der Waals surface area contributed by atoms with E-state index in [0.29, 0.717) is 13.0 Å². The van der Waals surface area contributed by atoms with Crippen molar-refractivity contribution in [3.8, 4) is 0 Å². The van der Waals surface area contributed by atoms with Gasteiger partial charge in [0.05, 0.1) is 12.7 Å². The third-order valence-electron chi connectivity index (χ3n) is 2.46. The number of ether oxygens (including phenoxy) is 1. The molecule has 1 aromatic rings. The number of rotatable bonds is 5. The molecule has 0 radical (unpaired) electrons. The summed E-state index contributed by atoms with van der Waals surface area (Å²) >= 11 is 3.41. The van der Waals surface area contributed by atoms with Crippen LogP contribution in [0.15, 0.2) is 28.7 Å². The number of amides is 1. The minimum Gasteiger partial charge on any atom is -0.371 e. The Balaban J connectivity index is 1.71. The van der Waals surface area contributed by atoms with Gasteiger partial charge in [-0.25, -0.2) is 0 Å².